The molecule has 2 atom stereocenters. The van der Waals surface area contributed by atoms with E-state index in [-0.39, 0.29) is 5.92 Å². The van der Waals surface area contributed by atoms with E-state index in [1.165, 1.54) is 6.42 Å². The summed E-state index contributed by atoms with van der Waals surface area (Å²) in [5.41, 5.74) is 1.79. The normalized spacial score (nSPS) is 29.4. The Kier molecular flexibility index (Phi) is 2.97. The van der Waals surface area contributed by atoms with Crippen LogP contribution < -0.4 is 0 Å². The van der Waals surface area contributed by atoms with Crippen LogP contribution in [0.5, 0.6) is 0 Å². The second-order valence-corrected chi connectivity index (χ2v) is 6.13. The van der Waals surface area contributed by atoms with Crippen LogP contribution in [0.1, 0.15) is 37.6 Å². The van der Waals surface area contributed by atoms with Gasteiger partial charge in [-0.05, 0) is 37.5 Å². The number of halogens is 1. The summed E-state index contributed by atoms with van der Waals surface area (Å²) < 4.78 is 1.77. The lowest BCUT2D eigenvalue weighted by atomic mass is 9.95. The molecule has 0 aromatic carbocycles. The minimum Gasteiger partial charge on any atom is -0.299 e. The van der Waals surface area contributed by atoms with Crippen LogP contribution in [0.2, 0.25) is 5.02 Å². The van der Waals surface area contributed by atoms with Crippen LogP contribution in [0.4, 0.5) is 0 Å². The van der Waals surface area contributed by atoms with Crippen LogP contribution in [0.25, 0.3) is 0 Å². The first-order valence-corrected chi connectivity index (χ1v) is 7.20. The molecule has 2 saturated carbocycles. The monoisotopic (exact) mass is 266 g/mol. The fourth-order valence-electron chi connectivity index (χ4n) is 3.30. The van der Waals surface area contributed by atoms with Gasteiger partial charge in [0.25, 0.3) is 0 Å². The van der Waals surface area contributed by atoms with Gasteiger partial charge in [0.15, 0.2) is 0 Å². The number of hydrogen-bond donors (Lipinski definition) is 0. The Bertz CT molecular complexity index is 484. The van der Waals surface area contributed by atoms with Crippen molar-refractivity contribution < 1.29 is 4.79 Å². The molecule has 0 aliphatic heterocycles. The standard InChI is InChI=1S/C14H19ClN2O/c1-3-11-14(15)12(17(2)16-11)7-13(18)10-5-8-4-9(8)6-10/h8-10H,3-7H2,1-2H3. The van der Waals surface area contributed by atoms with Gasteiger partial charge in [0.05, 0.1) is 22.8 Å². The minimum absolute atomic E-state index is 0.282. The lowest BCUT2D eigenvalue weighted by Gasteiger charge is -2.10. The van der Waals surface area contributed by atoms with Crippen molar-refractivity contribution in [2.75, 3.05) is 0 Å². The summed E-state index contributed by atoms with van der Waals surface area (Å²) in [6.07, 6.45) is 4.84. The van der Waals surface area contributed by atoms with E-state index in [9.17, 15) is 4.79 Å². The quantitative estimate of drug-likeness (QED) is 0.840. The molecule has 4 heteroatoms. The van der Waals surface area contributed by atoms with Gasteiger partial charge in [-0.1, -0.05) is 18.5 Å². The maximum absolute atomic E-state index is 12.3. The average Bonchev–Trinajstić information content (AvgIpc) is 2.87. The summed E-state index contributed by atoms with van der Waals surface area (Å²) in [5, 5.41) is 5.06. The summed E-state index contributed by atoms with van der Waals surface area (Å²) in [7, 11) is 1.87. The van der Waals surface area contributed by atoms with Crippen molar-refractivity contribution in [2.24, 2.45) is 24.8 Å². The van der Waals surface area contributed by atoms with E-state index in [4.69, 9.17) is 11.6 Å². The molecule has 98 valence electrons. The van der Waals surface area contributed by atoms with E-state index in [1.807, 2.05) is 14.0 Å². The molecule has 1 aromatic rings. The predicted molar refractivity (Wildman–Crippen MR) is 70.6 cm³/mol. The highest BCUT2D eigenvalue weighted by molar-refractivity contribution is 6.32. The molecule has 0 amide bonds. The van der Waals surface area contributed by atoms with E-state index < -0.39 is 0 Å². The largest absolute Gasteiger partial charge is 0.299 e. The van der Waals surface area contributed by atoms with Gasteiger partial charge in [-0.15, -0.1) is 0 Å². The van der Waals surface area contributed by atoms with Crippen LogP contribution in [0, 0.1) is 17.8 Å². The second kappa shape index (κ2) is 4.37. The Hall–Kier alpha value is -0.830. The third kappa shape index (κ3) is 1.99. The average molecular weight is 267 g/mol. The van der Waals surface area contributed by atoms with E-state index in [0.717, 1.165) is 42.5 Å². The molecule has 0 N–H and O–H groups in total. The topological polar surface area (TPSA) is 34.9 Å². The molecule has 0 saturated heterocycles. The predicted octanol–water partition coefficient (Wildman–Crippen LogP) is 2.79. The molecule has 2 aliphatic carbocycles. The maximum Gasteiger partial charge on any atom is 0.141 e. The number of fused-ring (bicyclic) bond motifs is 1. The molecule has 18 heavy (non-hydrogen) atoms. The number of aromatic nitrogens is 2. The number of nitrogens with zero attached hydrogens (tertiary/aromatic N) is 2. The Labute approximate surface area is 113 Å². The van der Waals surface area contributed by atoms with Crippen molar-refractivity contribution in [3.05, 3.63) is 16.4 Å². The molecule has 3 rings (SSSR count). The maximum atomic E-state index is 12.3. The van der Waals surface area contributed by atoms with Gasteiger partial charge in [0.1, 0.15) is 5.78 Å². The number of aryl methyl sites for hydroxylation is 2. The first kappa shape index (κ1) is 12.2. The molecule has 1 aromatic heterocycles. The summed E-state index contributed by atoms with van der Waals surface area (Å²) >= 11 is 6.28. The smallest absolute Gasteiger partial charge is 0.141 e. The number of Topliss-reactive ketones (excluding diaryl/α,β-unsaturated/α-hetero) is 1. The second-order valence-electron chi connectivity index (χ2n) is 5.75. The molecule has 0 spiro atoms. The van der Waals surface area contributed by atoms with Crippen LogP contribution in [0.3, 0.4) is 0 Å². The third-order valence-corrected chi connectivity index (χ3v) is 4.98. The molecule has 0 radical (unpaired) electrons. The van der Waals surface area contributed by atoms with Crippen molar-refractivity contribution in [1.82, 2.24) is 9.78 Å². The van der Waals surface area contributed by atoms with Gasteiger partial charge in [-0.3, -0.25) is 9.48 Å². The van der Waals surface area contributed by atoms with Crippen molar-refractivity contribution in [1.29, 1.82) is 0 Å². The highest BCUT2D eigenvalue weighted by Gasteiger charge is 2.47. The number of ketones is 1. The Morgan fingerprint density at radius 2 is 2.06 bits per heavy atom. The van der Waals surface area contributed by atoms with E-state index >= 15 is 0 Å². The molecule has 2 unspecified atom stereocenters. The zero-order valence-corrected chi connectivity index (χ0v) is 11.7. The molecule has 2 aliphatic rings. The van der Waals surface area contributed by atoms with Crippen molar-refractivity contribution in [2.45, 2.75) is 39.0 Å². The summed E-state index contributed by atoms with van der Waals surface area (Å²) in [6.45, 7) is 2.03. The van der Waals surface area contributed by atoms with Gasteiger partial charge in [-0.2, -0.15) is 5.10 Å². The van der Waals surface area contributed by atoms with Crippen LogP contribution in [0.15, 0.2) is 0 Å². The van der Waals surface area contributed by atoms with E-state index in [2.05, 4.69) is 5.10 Å². The van der Waals surface area contributed by atoms with Crippen LogP contribution in [-0.2, 0) is 24.7 Å². The fourth-order valence-corrected chi connectivity index (χ4v) is 3.66. The highest BCUT2D eigenvalue weighted by atomic mass is 35.5. The molecule has 1 heterocycles. The van der Waals surface area contributed by atoms with E-state index in [1.54, 1.807) is 4.68 Å². The lowest BCUT2D eigenvalue weighted by molar-refractivity contribution is -0.122. The fraction of sp³-hybridized carbons (Fsp3) is 0.714. The van der Waals surface area contributed by atoms with E-state index in [0.29, 0.717) is 17.2 Å². The lowest BCUT2D eigenvalue weighted by Crippen LogP contribution is -2.17. The van der Waals surface area contributed by atoms with Gasteiger partial charge in [0.2, 0.25) is 0 Å². The molecule has 3 nitrogen and oxygen atoms in total. The first-order valence-electron chi connectivity index (χ1n) is 6.83. The number of hydrogen-bond acceptors (Lipinski definition) is 2. The summed E-state index contributed by atoms with van der Waals surface area (Å²) in [4.78, 5) is 12.3. The van der Waals surface area contributed by atoms with Crippen molar-refractivity contribution in [3.8, 4) is 0 Å². The van der Waals surface area contributed by atoms with Gasteiger partial charge >= 0.3 is 0 Å². The SMILES string of the molecule is CCc1nn(C)c(CC(=O)C2CC3CC3C2)c1Cl. The van der Waals surface area contributed by atoms with Crippen molar-refractivity contribution in [3.63, 3.8) is 0 Å². The number of carbonyl (C=O) groups excluding carboxylic acids is 1. The first-order chi connectivity index (χ1) is 8.60. The summed E-state index contributed by atoms with van der Waals surface area (Å²) in [5.74, 6) is 2.35. The molecule has 0 bridgehead atoms. The van der Waals surface area contributed by atoms with Gasteiger partial charge < -0.3 is 0 Å². The van der Waals surface area contributed by atoms with Gasteiger partial charge in [0, 0.05) is 13.0 Å². The Morgan fingerprint density at radius 1 is 1.39 bits per heavy atom. The van der Waals surface area contributed by atoms with Crippen molar-refractivity contribution >= 4 is 17.4 Å². The molecular formula is C14H19ClN2O. The van der Waals surface area contributed by atoms with Crippen LogP contribution >= 0.6 is 11.6 Å². The molecule has 2 fully saturated rings. The number of rotatable bonds is 4. The Morgan fingerprint density at radius 3 is 2.61 bits per heavy atom. The minimum atomic E-state index is 0.282. The summed E-state index contributed by atoms with van der Waals surface area (Å²) in [6, 6.07) is 0. The number of carbonyl (C=O) groups is 1. The zero-order chi connectivity index (χ0) is 12.9. The van der Waals surface area contributed by atoms with Gasteiger partial charge in [-0.25, -0.2) is 0 Å². The molecular weight excluding hydrogens is 248 g/mol. The highest BCUT2D eigenvalue weighted by Crippen LogP contribution is 2.54. The van der Waals surface area contributed by atoms with Crippen LogP contribution in [-0.4, -0.2) is 15.6 Å². The third-order valence-electron chi connectivity index (χ3n) is 4.54. The zero-order valence-electron chi connectivity index (χ0n) is 10.9. The Balaban J connectivity index is 1.72.